The highest BCUT2D eigenvalue weighted by Crippen LogP contribution is 2.28. The highest BCUT2D eigenvalue weighted by molar-refractivity contribution is 5.36. The number of nitrogens with zero attached hydrogens (tertiary/aromatic N) is 2. The number of nitriles is 1. The molecule has 0 fully saturated rings. The lowest BCUT2D eigenvalue weighted by Crippen LogP contribution is -2.19. The number of rotatable bonds is 3. The number of hydrogen-bond donors (Lipinski definition) is 1. The average Bonchev–Trinajstić information content (AvgIpc) is 2.22. The topological polar surface area (TPSA) is 71.9 Å². The Hall–Kier alpha value is -1.88. The van der Waals surface area contributed by atoms with Gasteiger partial charge in [0.1, 0.15) is 0 Å². The predicted molar refractivity (Wildman–Crippen MR) is 48.1 cm³/mol. The van der Waals surface area contributed by atoms with Crippen LogP contribution in [0.15, 0.2) is 6.20 Å². The minimum atomic E-state index is -4.97. The van der Waals surface area contributed by atoms with Gasteiger partial charge in [-0.15, -0.1) is 13.2 Å². The van der Waals surface area contributed by atoms with Crippen LogP contribution in [0, 0.1) is 17.1 Å². The molecular weight excluding hydrogens is 242 g/mol. The predicted octanol–water partition coefficient (Wildman–Crippen LogP) is 1.64. The number of halogens is 4. The SMILES string of the molecule is N#CCc1c(OC(F)(F)F)cnc(CN)c1F. The van der Waals surface area contributed by atoms with Crippen LogP contribution in [0.1, 0.15) is 11.3 Å². The first-order chi connectivity index (χ1) is 7.89. The Morgan fingerprint density at radius 1 is 1.47 bits per heavy atom. The Balaban J connectivity index is 3.22. The summed E-state index contributed by atoms with van der Waals surface area (Å²) in [5, 5.41) is 8.43. The molecule has 0 saturated carbocycles. The Labute approximate surface area is 93.6 Å². The molecule has 17 heavy (non-hydrogen) atoms. The quantitative estimate of drug-likeness (QED) is 0.826. The molecule has 4 nitrogen and oxygen atoms in total. The average molecular weight is 249 g/mol. The van der Waals surface area contributed by atoms with Gasteiger partial charge in [0.2, 0.25) is 0 Å². The van der Waals surface area contributed by atoms with Crippen molar-refractivity contribution >= 4 is 0 Å². The van der Waals surface area contributed by atoms with Crippen LogP contribution in [0.25, 0.3) is 0 Å². The van der Waals surface area contributed by atoms with Gasteiger partial charge in [0, 0.05) is 12.1 Å². The molecule has 1 aromatic heterocycles. The van der Waals surface area contributed by atoms with Crippen LogP contribution in [0.2, 0.25) is 0 Å². The number of nitrogens with two attached hydrogens (primary N) is 1. The summed E-state index contributed by atoms with van der Waals surface area (Å²) < 4.78 is 53.1. The molecule has 0 saturated heterocycles. The second kappa shape index (κ2) is 4.97. The first-order valence-electron chi connectivity index (χ1n) is 4.38. The monoisotopic (exact) mass is 249 g/mol. The zero-order valence-corrected chi connectivity index (χ0v) is 8.38. The summed E-state index contributed by atoms with van der Waals surface area (Å²) in [5.74, 6) is -1.87. The third kappa shape index (κ3) is 3.29. The van der Waals surface area contributed by atoms with E-state index in [4.69, 9.17) is 11.0 Å². The van der Waals surface area contributed by atoms with Gasteiger partial charge in [0.25, 0.3) is 0 Å². The van der Waals surface area contributed by atoms with E-state index in [1.54, 1.807) is 6.07 Å². The lowest BCUT2D eigenvalue weighted by Gasteiger charge is -2.13. The van der Waals surface area contributed by atoms with E-state index < -0.39 is 29.9 Å². The van der Waals surface area contributed by atoms with E-state index in [0.717, 1.165) is 0 Å². The molecule has 0 radical (unpaired) electrons. The van der Waals surface area contributed by atoms with E-state index in [0.29, 0.717) is 6.20 Å². The van der Waals surface area contributed by atoms with Gasteiger partial charge in [-0.2, -0.15) is 5.26 Å². The first-order valence-corrected chi connectivity index (χ1v) is 4.38. The molecule has 0 aliphatic carbocycles. The van der Waals surface area contributed by atoms with Crippen molar-refractivity contribution in [2.45, 2.75) is 19.3 Å². The summed E-state index contributed by atoms with van der Waals surface area (Å²) in [6, 6.07) is 1.55. The molecular formula is C9H7F4N3O. The molecule has 0 bridgehead atoms. The first kappa shape index (κ1) is 13.2. The van der Waals surface area contributed by atoms with Crippen molar-refractivity contribution in [3.63, 3.8) is 0 Å². The molecule has 0 spiro atoms. The summed E-state index contributed by atoms with van der Waals surface area (Å²) in [4.78, 5) is 3.39. The Morgan fingerprint density at radius 3 is 2.59 bits per heavy atom. The Kier molecular flexibility index (Phi) is 3.85. The van der Waals surface area contributed by atoms with Crippen molar-refractivity contribution in [1.82, 2.24) is 4.98 Å². The van der Waals surface area contributed by atoms with Crippen LogP contribution >= 0.6 is 0 Å². The fourth-order valence-electron chi connectivity index (χ4n) is 1.15. The van der Waals surface area contributed by atoms with Gasteiger partial charge in [-0.3, -0.25) is 4.98 Å². The van der Waals surface area contributed by atoms with Crippen molar-refractivity contribution < 1.29 is 22.3 Å². The largest absolute Gasteiger partial charge is 0.573 e. The van der Waals surface area contributed by atoms with Crippen molar-refractivity contribution in [3.05, 3.63) is 23.3 Å². The Bertz CT molecular complexity index is 453. The van der Waals surface area contributed by atoms with Crippen LogP contribution in [0.4, 0.5) is 17.6 Å². The summed E-state index contributed by atoms with van der Waals surface area (Å²) in [7, 11) is 0. The zero-order chi connectivity index (χ0) is 13.1. The van der Waals surface area contributed by atoms with E-state index in [-0.39, 0.29) is 12.2 Å². The van der Waals surface area contributed by atoms with Gasteiger partial charge in [-0.05, 0) is 0 Å². The fraction of sp³-hybridized carbons (Fsp3) is 0.333. The van der Waals surface area contributed by atoms with Crippen LogP contribution < -0.4 is 10.5 Å². The lowest BCUT2D eigenvalue weighted by molar-refractivity contribution is -0.275. The molecule has 1 heterocycles. The second-order valence-electron chi connectivity index (χ2n) is 2.95. The van der Waals surface area contributed by atoms with Crippen LogP contribution in [0.3, 0.4) is 0 Å². The van der Waals surface area contributed by atoms with Crippen molar-refractivity contribution in [2.24, 2.45) is 5.73 Å². The maximum absolute atomic E-state index is 13.6. The van der Waals surface area contributed by atoms with Gasteiger partial charge >= 0.3 is 6.36 Å². The minimum absolute atomic E-state index is 0.218. The highest BCUT2D eigenvalue weighted by Gasteiger charge is 2.33. The molecule has 2 N–H and O–H groups in total. The highest BCUT2D eigenvalue weighted by atomic mass is 19.4. The van der Waals surface area contributed by atoms with Crippen molar-refractivity contribution in [3.8, 4) is 11.8 Å². The van der Waals surface area contributed by atoms with Crippen molar-refractivity contribution in [2.75, 3.05) is 0 Å². The molecule has 1 rings (SSSR count). The van der Waals surface area contributed by atoms with Crippen molar-refractivity contribution in [1.29, 1.82) is 5.26 Å². The summed E-state index contributed by atoms with van der Waals surface area (Å²) in [6.45, 7) is -0.281. The summed E-state index contributed by atoms with van der Waals surface area (Å²) in [6.07, 6.45) is -4.83. The standard InChI is InChI=1S/C9H7F4N3O/c10-8-5(1-2-14)7(17-9(11,12)13)4-16-6(8)3-15/h4H,1,3,15H2. The van der Waals surface area contributed by atoms with Crippen LogP contribution in [-0.4, -0.2) is 11.3 Å². The maximum Gasteiger partial charge on any atom is 0.573 e. The molecule has 1 aromatic rings. The lowest BCUT2D eigenvalue weighted by atomic mass is 10.1. The molecule has 0 unspecified atom stereocenters. The van der Waals surface area contributed by atoms with Crippen LogP contribution in [-0.2, 0) is 13.0 Å². The normalized spacial score (nSPS) is 11.1. The third-order valence-corrected chi connectivity index (χ3v) is 1.83. The van der Waals surface area contributed by atoms with E-state index in [1.165, 1.54) is 0 Å². The molecule has 0 atom stereocenters. The molecule has 92 valence electrons. The van der Waals surface area contributed by atoms with Gasteiger partial charge in [-0.25, -0.2) is 4.39 Å². The minimum Gasteiger partial charge on any atom is -0.404 e. The number of aromatic nitrogens is 1. The van der Waals surface area contributed by atoms with E-state index >= 15 is 0 Å². The second-order valence-corrected chi connectivity index (χ2v) is 2.95. The third-order valence-electron chi connectivity index (χ3n) is 1.83. The summed E-state index contributed by atoms with van der Waals surface area (Å²) >= 11 is 0. The Morgan fingerprint density at radius 2 is 2.12 bits per heavy atom. The maximum atomic E-state index is 13.6. The van der Waals surface area contributed by atoms with Gasteiger partial charge < -0.3 is 10.5 Å². The van der Waals surface area contributed by atoms with Gasteiger partial charge in [0.15, 0.2) is 11.6 Å². The molecule has 0 aromatic carbocycles. The fourth-order valence-corrected chi connectivity index (χ4v) is 1.15. The van der Waals surface area contributed by atoms with Gasteiger partial charge in [-0.1, -0.05) is 0 Å². The number of ether oxygens (including phenoxy) is 1. The number of alkyl halides is 3. The van der Waals surface area contributed by atoms with E-state index in [9.17, 15) is 17.6 Å². The number of pyridine rings is 1. The smallest absolute Gasteiger partial charge is 0.404 e. The number of hydrogen-bond acceptors (Lipinski definition) is 4. The van der Waals surface area contributed by atoms with Crippen LogP contribution in [0.5, 0.6) is 5.75 Å². The molecule has 0 amide bonds. The van der Waals surface area contributed by atoms with E-state index in [1.807, 2.05) is 0 Å². The van der Waals surface area contributed by atoms with E-state index in [2.05, 4.69) is 9.72 Å². The molecule has 0 aliphatic heterocycles. The van der Waals surface area contributed by atoms with Gasteiger partial charge in [0.05, 0.1) is 24.4 Å². The molecule has 8 heteroatoms. The summed E-state index contributed by atoms with van der Waals surface area (Å²) in [5.41, 5.74) is 4.43. The molecule has 0 aliphatic rings. The zero-order valence-electron chi connectivity index (χ0n) is 8.38.